The molecule has 0 unspecified atom stereocenters. The molecule has 24 heavy (non-hydrogen) atoms. The van der Waals surface area contributed by atoms with E-state index in [0.29, 0.717) is 25.3 Å². The first kappa shape index (κ1) is 16.6. The van der Waals surface area contributed by atoms with E-state index in [1.165, 1.54) is 12.1 Å². The summed E-state index contributed by atoms with van der Waals surface area (Å²) in [7, 11) is 1.65. The second kappa shape index (κ2) is 7.09. The number of nitrogens with zero attached hydrogens (tertiary/aromatic N) is 3. The number of hydrogen-bond donors (Lipinski definition) is 1. The molecule has 1 aromatic carbocycles. The van der Waals surface area contributed by atoms with Crippen LogP contribution in [0.1, 0.15) is 23.1 Å². The van der Waals surface area contributed by atoms with Crippen LogP contribution in [0, 0.1) is 18.7 Å². The highest BCUT2D eigenvalue weighted by Gasteiger charge is 2.38. The highest BCUT2D eigenvalue weighted by molar-refractivity contribution is 5.79. The van der Waals surface area contributed by atoms with Gasteiger partial charge in [0.15, 0.2) is 5.82 Å². The Hall–Kier alpha value is -2.28. The van der Waals surface area contributed by atoms with Gasteiger partial charge < -0.3 is 9.64 Å². The maximum atomic E-state index is 13.3. The Morgan fingerprint density at radius 1 is 1.46 bits per heavy atom. The van der Waals surface area contributed by atoms with Crippen LogP contribution in [-0.4, -0.2) is 52.8 Å². The summed E-state index contributed by atoms with van der Waals surface area (Å²) >= 11 is 0. The molecule has 7 heteroatoms. The third kappa shape index (κ3) is 3.62. The first-order valence-corrected chi connectivity index (χ1v) is 7.97. The predicted octanol–water partition coefficient (Wildman–Crippen LogP) is 1.68. The van der Waals surface area contributed by atoms with Crippen molar-refractivity contribution in [1.29, 1.82) is 0 Å². The summed E-state index contributed by atoms with van der Waals surface area (Å²) in [6, 6.07) is 6.16. The molecule has 6 nitrogen and oxygen atoms in total. The summed E-state index contributed by atoms with van der Waals surface area (Å²) in [6.45, 7) is 3.55. The molecule has 2 atom stereocenters. The van der Waals surface area contributed by atoms with Crippen molar-refractivity contribution < 1.29 is 13.9 Å². The normalized spacial score (nSPS) is 20.5. The van der Waals surface area contributed by atoms with E-state index in [4.69, 9.17) is 4.74 Å². The Bertz CT molecular complexity index is 718. The third-order valence-electron chi connectivity index (χ3n) is 4.36. The molecule has 0 saturated carbocycles. The zero-order chi connectivity index (χ0) is 17.1. The summed E-state index contributed by atoms with van der Waals surface area (Å²) in [6.07, 6.45) is 0.192. The number of likely N-dealkylation sites (tertiary alicyclic amines) is 1. The number of halogens is 1. The molecule has 3 rings (SSSR count). The number of aromatic nitrogens is 3. The van der Waals surface area contributed by atoms with Crippen LogP contribution in [-0.2, 0) is 16.0 Å². The predicted molar refractivity (Wildman–Crippen MR) is 85.9 cm³/mol. The van der Waals surface area contributed by atoms with E-state index in [-0.39, 0.29) is 30.0 Å². The largest absolute Gasteiger partial charge is 0.384 e. The zero-order valence-electron chi connectivity index (χ0n) is 13.8. The maximum Gasteiger partial charge on any atom is 0.227 e. The van der Waals surface area contributed by atoms with Gasteiger partial charge in [-0.25, -0.2) is 9.37 Å². The number of hydrogen-bond acceptors (Lipinski definition) is 4. The molecule has 0 aliphatic carbocycles. The van der Waals surface area contributed by atoms with E-state index in [1.54, 1.807) is 24.1 Å². The topological polar surface area (TPSA) is 71.1 Å². The van der Waals surface area contributed by atoms with Crippen molar-refractivity contribution in [3.05, 3.63) is 47.3 Å². The molecule has 0 radical (unpaired) electrons. The molecule has 1 aromatic heterocycles. The van der Waals surface area contributed by atoms with Crippen molar-refractivity contribution in [1.82, 2.24) is 20.1 Å². The van der Waals surface area contributed by atoms with Gasteiger partial charge in [-0.05, 0) is 24.6 Å². The maximum absolute atomic E-state index is 13.3. The zero-order valence-corrected chi connectivity index (χ0v) is 13.8. The molecule has 1 aliphatic heterocycles. The second-order valence-electron chi connectivity index (χ2n) is 6.21. The number of rotatable bonds is 5. The summed E-state index contributed by atoms with van der Waals surface area (Å²) in [4.78, 5) is 18.8. The van der Waals surface area contributed by atoms with E-state index in [2.05, 4.69) is 15.2 Å². The lowest BCUT2D eigenvalue weighted by Crippen LogP contribution is -2.30. The van der Waals surface area contributed by atoms with Crippen LogP contribution in [0.15, 0.2) is 24.3 Å². The molecule has 1 fully saturated rings. The SMILES string of the molecule is COC[C@@H]1CN(C(=O)Cc2cccc(F)c2)C[C@H]1c1n[nH]c(C)n1. The number of aryl methyl sites for hydroxylation is 1. The highest BCUT2D eigenvalue weighted by Crippen LogP contribution is 2.31. The van der Waals surface area contributed by atoms with E-state index in [1.807, 2.05) is 6.92 Å². The van der Waals surface area contributed by atoms with Crippen molar-refractivity contribution >= 4 is 5.91 Å². The first-order valence-electron chi connectivity index (χ1n) is 7.97. The third-order valence-corrected chi connectivity index (χ3v) is 4.36. The van der Waals surface area contributed by atoms with Crippen molar-refractivity contribution in [2.75, 3.05) is 26.8 Å². The van der Waals surface area contributed by atoms with Gasteiger partial charge >= 0.3 is 0 Å². The van der Waals surface area contributed by atoms with Crippen molar-refractivity contribution in [3.63, 3.8) is 0 Å². The first-order chi connectivity index (χ1) is 11.6. The number of nitrogens with one attached hydrogen (secondary N) is 1. The minimum absolute atomic E-state index is 0.0172. The van der Waals surface area contributed by atoms with Gasteiger partial charge in [-0.3, -0.25) is 9.89 Å². The lowest BCUT2D eigenvalue weighted by atomic mass is 9.96. The van der Waals surface area contributed by atoms with Gasteiger partial charge in [-0.2, -0.15) is 5.10 Å². The average Bonchev–Trinajstić information content (AvgIpc) is 3.14. The van der Waals surface area contributed by atoms with Gasteiger partial charge in [-0.15, -0.1) is 0 Å². The number of aromatic amines is 1. The van der Waals surface area contributed by atoms with Crippen molar-refractivity contribution in [3.8, 4) is 0 Å². The van der Waals surface area contributed by atoms with Gasteiger partial charge in [0.25, 0.3) is 0 Å². The number of carbonyl (C=O) groups is 1. The Kier molecular flexibility index (Phi) is 4.89. The Balaban J connectivity index is 1.71. The lowest BCUT2D eigenvalue weighted by molar-refractivity contribution is -0.129. The molecule has 128 valence electrons. The van der Waals surface area contributed by atoms with Crippen LogP contribution in [0.2, 0.25) is 0 Å². The van der Waals surface area contributed by atoms with Gasteiger partial charge in [0, 0.05) is 32.0 Å². The van der Waals surface area contributed by atoms with Gasteiger partial charge in [0.2, 0.25) is 5.91 Å². The molecule has 1 aliphatic rings. The Morgan fingerprint density at radius 2 is 2.29 bits per heavy atom. The number of H-pyrrole nitrogens is 1. The van der Waals surface area contributed by atoms with Crippen molar-refractivity contribution in [2.24, 2.45) is 5.92 Å². The number of benzene rings is 1. The van der Waals surface area contributed by atoms with Crippen molar-refractivity contribution in [2.45, 2.75) is 19.3 Å². The van der Waals surface area contributed by atoms with Crippen LogP contribution in [0.5, 0.6) is 0 Å². The average molecular weight is 332 g/mol. The molecule has 1 saturated heterocycles. The smallest absolute Gasteiger partial charge is 0.227 e. The molecule has 0 spiro atoms. The van der Waals surface area contributed by atoms with Gasteiger partial charge in [0.1, 0.15) is 11.6 Å². The van der Waals surface area contributed by atoms with Crippen LogP contribution in [0.3, 0.4) is 0 Å². The van der Waals surface area contributed by atoms with Crippen LogP contribution in [0.4, 0.5) is 4.39 Å². The van der Waals surface area contributed by atoms with E-state index in [0.717, 1.165) is 11.6 Å². The quantitative estimate of drug-likeness (QED) is 0.904. The Labute approximate surface area is 140 Å². The van der Waals surface area contributed by atoms with Crippen LogP contribution in [0.25, 0.3) is 0 Å². The highest BCUT2D eigenvalue weighted by atomic mass is 19.1. The monoisotopic (exact) mass is 332 g/mol. The van der Waals surface area contributed by atoms with Crippen LogP contribution >= 0.6 is 0 Å². The molecular weight excluding hydrogens is 311 g/mol. The summed E-state index contributed by atoms with van der Waals surface area (Å²) < 4.78 is 18.6. The molecule has 1 N–H and O–H groups in total. The summed E-state index contributed by atoms with van der Waals surface area (Å²) in [5.41, 5.74) is 0.681. The number of methoxy groups -OCH3 is 1. The minimum atomic E-state index is -0.326. The van der Waals surface area contributed by atoms with Gasteiger partial charge in [-0.1, -0.05) is 12.1 Å². The lowest BCUT2D eigenvalue weighted by Gasteiger charge is -2.16. The number of carbonyl (C=O) groups excluding carboxylic acids is 1. The molecular formula is C17H21FN4O2. The van der Waals surface area contributed by atoms with Gasteiger partial charge in [0.05, 0.1) is 13.0 Å². The molecule has 1 amide bonds. The van der Waals surface area contributed by atoms with Crippen LogP contribution < -0.4 is 0 Å². The molecule has 2 aromatic rings. The summed E-state index contributed by atoms with van der Waals surface area (Å²) in [5.74, 6) is 1.33. The minimum Gasteiger partial charge on any atom is -0.384 e. The standard InChI is InChI=1S/C17H21FN4O2/c1-11-19-17(21-20-11)15-9-22(8-13(15)10-24-2)16(23)7-12-4-3-5-14(18)6-12/h3-6,13,15H,7-10H2,1-2H3,(H,19,20,21)/t13-,15+/m0/s1. The fraction of sp³-hybridized carbons (Fsp3) is 0.471. The molecule has 0 bridgehead atoms. The fourth-order valence-corrected chi connectivity index (χ4v) is 3.21. The Morgan fingerprint density at radius 3 is 2.96 bits per heavy atom. The van der Waals surface area contributed by atoms with E-state index in [9.17, 15) is 9.18 Å². The second-order valence-corrected chi connectivity index (χ2v) is 6.21. The number of amides is 1. The van der Waals surface area contributed by atoms with E-state index >= 15 is 0 Å². The van der Waals surface area contributed by atoms with E-state index < -0.39 is 0 Å². The molecule has 2 heterocycles. The number of ether oxygens (including phenoxy) is 1. The fourth-order valence-electron chi connectivity index (χ4n) is 3.21. The summed E-state index contributed by atoms with van der Waals surface area (Å²) in [5, 5.41) is 7.09.